The SMILES string of the molecule is O=C(CNC(=O)c1cccc(C(F)(F)F)c1)N[C@H]1CCN(Cc2ccc(Cl)cc2)C1. The summed E-state index contributed by atoms with van der Waals surface area (Å²) >= 11 is 5.89. The van der Waals surface area contributed by atoms with Crippen molar-refractivity contribution in [2.24, 2.45) is 0 Å². The fourth-order valence-electron chi connectivity index (χ4n) is 3.32. The summed E-state index contributed by atoms with van der Waals surface area (Å²) in [5.41, 5.74) is 0.0682. The summed E-state index contributed by atoms with van der Waals surface area (Å²) in [6.07, 6.45) is -3.76. The number of hydrogen-bond donors (Lipinski definition) is 2. The highest BCUT2D eigenvalue weighted by atomic mass is 35.5. The Labute approximate surface area is 177 Å². The first-order chi connectivity index (χ1) is 14.2. The van der Waals surface area contributed by atoms with Gasteiger partial charge in [0.1, 0.15) is 0 Å². The number of nitrogens with one attached hydrogen (secondary N) is 2. The standard InChI is InChI=1S/C21H21ClF3N3O2/c22-17-6-4-14(5-7-17)12-28-9-8-18(13-28)27-19(29)11-26-20(30)15-2-1-3-16(10-15)21(23,24)25/h1-7,10,18H,8-9,11-13H2,(H,26,30)(H,27,29)/t18-/m0/s1. The predicted octanol–water partition coefficient (Wildman–Crippen LogP) is 3.48. The van der Waals surface area contributed by atoms with E-state index in [1.807, 2.05) is 24.3 Å². The molecule has 160 valence electrons. The lowest BCUT2D eigenvalue weighted by Crippen LogP contribution is -2.43. The molecule has 1 atom stereocenters. The molecule has 9 heteroatoms. The first kappa shape index (κ1) is 22.1. The predicted molar refractivity (Wildman–Crippen MR) is 107 cm³/mol. The number of likely N-dealkylation sites (tertiary alicyclic amines) is 1. The number of amides is 2. The molecule has 0 bridgehead atoms. The second-order valence-corrected chi connectivity index (χ2v) is 7.61. The van der Waals surface area contributed by atoms with Crippen molar-refractivity contribution in [1.82, 2.24) is 15.5 Å². The highest BCUT2D eigenvalue weighted by Gasteiger charge is 2.31. The van der Waals surface area contributed by atoms with E-state index in [1.54, 1.807) is 0 Å². The number of benzene rings is 2. The van der Waals surface area contributed by atoms with Crippen molar-refractivity contribution >= 4 is 23.4 Å². The maximum absolute atomic E-state index is 12.8. The van der Waals surface area contributed by atoms with Crippen molar-refractivity contribution in [3.63, 3.8) is 0 Å². The number of alkyl halides is 3. The van der Waals surface area contributed by atoms with E-state index in [2.05, 4.69) is 15.5 Å². The lowest BCUT2D eigenvalue weighted by Gasteiger charge is -2.17. The van der Waals surface area contributed by atoms with E-state index in [0.717, 1.165) is 43.3 Å². The third-order valence-corrected chi connectivity index (χ3v) is 5.07. The first-order valence-electron chi connectivity index (χ1n) is 9.42. The Balaban J connectivity index is 1.44. The van der Waals surface area contributed by atoms with Gasteiger partial charge in [-0.25, -0.2) is 0 Å². The second-order valence-electron chi connectivity index (χ2n) is 7.18. The summed E-state index contributed by atoms with van der Waals surface area (Å²) in [7, 11) is 0. The van der Waals surface area contributed by atoms with Crippen LogP contribution in [0.1, 0.15) is 27.9 Å². The van der Waals surface area contributed by atoms with Crippen LogP contribution in [0.4, 0.5) is 13.2 Å². The van der Waals surface area contributed by atoms with Crippen molar-refractivity contribution in [3.05, 3.63) is 70.2 Å². The molecular weight excluding hydrogens is 419 g/mol. The molecule has 2 amide bonds. The molecule has 2 aromatic rings. The molecule has 1 saturated heterocycles. The van der Waals surface area contributed by atoms with Gasteiger partial charge in [-0.05, 0) is 42.3 Å². The summed E-state index contributed by atoms with van der Waals surface area (Å²) in [5, 5.41) is 5.89. The molecule has 5 nitrogen and oxygen atoms in total. The van der Waals surface area contributed by atoms with E-state index in [0.29, 0.717) is 11.6 Å². The van der Waals surface area contributed by atoms with Gasteiger partial charge in [0.15, 0.2) is 0 Å². The van der Waals surface area contributed by atoms with Gasteiger partial charge in [-0.15, -0.1) is 0 Å². The van der Waals surface area contributed by atoms with Crippen molar-refractivity contribution in [3.8, 4) is 0 Å². The largest absolute Gasteiger partial charge is 0.416 e. The highest BCUT2D eigenvalue weighted by molar-refractivity contribution is 6.30. The Morgan fingerprint density at radius 3 is 2.57 bits per heavy atom. The number of halogens is 4. The van der Waals surface area contributed by atoms with Gasteiger partial charge < -0.3 is 10.6 Å². The Morgan fingerprint density at radius 2 is 1.87 bits per heavy atom. The third-order valence-electron chi connectivity index (χ3n) is 4.82. The van der Waals surface area contributed by atoms with Gasteiger partial charge in [-0.3, -0.25) is 14.5 Å². The van der Waals surface area contributed by atoms with Gasteiger partial charge in [0.05, 0.1) is 12.1 Å². The van der Waals surface area contributed by atoms with E-state index in [-0.39, 0.29) is 24.1 Å². The average molecular weight is 440 g/mol. The molecular formula is C21H21ClF3N3O2. The van der Waals surface area contributed by atoms with E-state index in [1.165, 1.54) is 6.07 Å². The minimum atomic E-state index is -4.53. The average Bonchev–Trinajstić information content (AvgIpc) is 3.14. The van der Waals surface area contributed by atoms with Crippen LogP contribution in [0.3, 0.4) is 0 Å². The Morgan fingerprint density at radius 1 is 1.13 bits per heavy atom. The van der Waals surface area contributed by atoms with E-state index in [4.69, 9.17) is 11.6 Å². The fourth-order valence-corrected chi connectivity index (χ4v) is 3.45. The van der Waals surface area contributed by atoms with Gasteiger partial charge in [-0.1, -0.05) is 29.8 Å². The summed E-state index contributed by atoms with van der Waals surface area (Å²) < 4.78 is 38.3. The Bertz CT molecular complexity index is 903. The molecule has 1 fully saturated rings. The van der Waals surface area contributed by atoms with Gasteiger partial charge >= 0.3 is 6.18 Å². The van der Waals surface area contributed by atoms with E-state index >= 15 is 0 Å². The molecule has 0 aliphatic carbocycles. The molecule has 0 aromatic heterocycles. The number of carbonyl (C=O) groups excluding carboxylic acids is 2. The Hall–Kier alpha value is -2.58. The van der Waals surface area contributed by atoms with Crippen LogP contribution in [0.2, 0.25) is 5.02 Å². The zero-order chi connectivity index (χ0) is 21.7. The summed E-state index contributed by atoms with van der Waals surface area (Å²) in [5.74, 6) is -1.11. The molecule has 1 aliphatic rings. The molecule has 0 unspecified atom stereocenters. The number of nitrogens with zero attached hydrogens (tertiary/aromatic N) is 1. The quantitative estimate of drug-likeness (QED) is 0.724. The van der Waals surface area contributed by atoms with Gasteiger partial charge in [-0.2, -0.15) is 13.2 Å². The van der Waals surface area contributed by atoms with E-state index < -0.39 is 17.6 Å². The topological polar surface area (TPSA) is 61.4 Å². The minimum absolute atomic E-state index is 0.0461. The molecule has 30 heavy (non-hydrogen) atoms. The first-order valence-corrected chi connectivity index (χ1v) is 9.80. The number of rotatable bonds is 6. The summed E-state index contributed by atoms with van der Waals surface area (Å²) in [6.45, 7) is 1.94. The maximum Gasteiger partial charge on any atom is 0.416 e. The van der Waals surface area contributed by atoms with Crippen LogP contribution in [0.15, 0.2) is 48.5 Å². The van der Waals surface area contributed by atoms with Crippen molar-refractivity contribution in [2.45, 2.75) is 25.2 Å². The van der Waals surface area contributed by atoms with Crippen molar-refractivity contribution in [1.29, 1.82) is 0 Å². The molecule has 2 N–H and O–H groups in total. The molecule has 0 radical (unpaired) electrons. The third kappa shape index (κ3) is 6.21. The normalized spacial score (nSPS) is 17.0. The smallest absolute Gasteiger partial charge is 0.350 e. The maximum atomic E-state index is 12.8. The number of hydrogen-bond acceptors (Lipinski definition) is 3. The molecule has 3 rings (SSSR count). The highest BCUT2D eigenvalue weighted by Crippen LogP contribution is 2.29. The van der Waals surface area contributed by atoms with Gasteiger partial charge in [0.2, 0.25) is 5.91 Å². The summed E-state index contributed by atoms with van der Waals surface area (Å²) in [6, 6.07) is 11.6. The van der Waals surface area contributed by atoms with Gasteiger partial charge in [0, 0.05) is 36.3 Å². The number of carbonyl (C=O) groups is 2. The monoisotopic (exact) mass is 439 g/mol. The molecule has 1 heterocycles. The lowest BCUT2D eigenvalue weighted by atomic mass is 10.1. The molecule has 0 saturated carbocycles. The van der Waals surface area contributed by atoms with Crippen LogP contribution in [0.5, 0.6) is 0 Å². The van der Waals surface area contributed by atoms with Crippen LogP contribution in [0.25, 0.3) is 0 Å². The van der Waals surface area contributed by atoms with Crippen LogP contribution in [-0.2, 0) is 17.5 Å². The molecule has 0 spiro atoms. The second kappa shape index (κ2) is 9.49. The van der Waals surface area contributed by atoms with Crippen molar-refractivity contribution < 1.29 is 22.8 Å². The minimum Gasteiger partial charge on any atom is -0.350 e. The molecule has 1 aliphatic heterocycles. The van der Waals surface area contributed by atoms with Crippen LogP contribution < -0.4 is 10.6 Å². The molecule has 2 aromatic carbocycles. The van der Waals surface area contributed by atoms with Crippen LogP contribution in [0, 0.1) is 0 Å². The van der Waals surface area contributed by atoms with Crippen LogP contribution in [-0.4, -0.2) is 42.4 Å². The van der Waals surface area contributed by atoms with Crippen LogP contribution >= 0.6 is 11.6 Å². The Kier molecular flexibility index (Phi) is 6.99. The fraction of sp³-hybridized carbons (Fsp3) is 0.333. The van der Waals surface area contributed by atoms with Crippen molar-refractivity contribution in [2.75, 3.05) is 19.6 Å². The van der Waals surface area contributed by atoms with Gasteiger partial charge in [0.25, 0.3) is 5.91 Å². The lowest BCUT2D eigenvalue weighted by molar-refractivity contribution is -0.137. The zero-order valence-electron chi connectivity index (χ0n) is 16.0. The summed E-state index contributed by atoms with van der Waals surface area (Å²) in [4.78, 5) is 26.4. The zero-order valence-corrected chi connectivity index (χ0v) is 16.8. The van der Waals surface area contributed by atoms with E-state index in [9.17, 15) is 22.8 Å².